The van der Waals surface area contributed by atoms with Crippen LogP contribution in [0.15, 0.2) is 0 Å². The van der Waals surface area contributed by atoms with Crippen LogP contribution in [0.2, 0.25) is 0 Å². The normalized spacial score (nSPS) is 17.7. The first kappa shape index (κ1) is 13.5. The molecule has 1 aliphatic rings. The van der Waals surface area contributed by atoms with E-state index in [-0.39, 0.29) is 5.91 Å². The summed E-state index contributed by atoms with van der Waals surface area (Å²) in [7, 11) is 0. The lowest BCUT2D eigenvalue weighted by atomic mass is 10.0. The van der Waals surface area contributed by atoms with Crippen molar-refractivity contribution in [2.24, 2.45) is 0 Å². The molecule has 2 N–H and O–H groups in total. The van der Waals surface area contributed by atoms with Crippen molar-refractivity contribution >= 4 is 5.91 Å². The van der Waals surface area contributed by atoms with Gasteiger partial charge in [0.25, 0.3) is 0 Å². The first-order chi connectivity index (χ1) is 7.77. The number of carbonyl (C=O) groups is 1. The standard InChI is InChI=1S/C12H25N3O/c1-3-7-14-12(16)10-15(4-2)11-5-8-13-9-6-11/h11,13H,3-10H2,1-2H3,(H,14,16). The third kappa shape index (κ3) is 4.49. The molecule has 1 rings (SSSR count). The summed E-state index contributed by atoms with van der Waals surface area (Å²) in [5.74, 6) is 0.169. The van der Waals surface area contributed by atoms with E-state index in [1.54, 1.807) is 0 Å². The van der Waals surface area contributed by atoms with E-state index >= 15 is 0 Å². The van der Waals surface area contributed by atoms with Crippen molar-refractivity contribution in [2.75, 3.05) is 32.7 Å². The van der Waals surface area contributed by atoms with Crippen molar-refractivity contribution in [3.05, 3.63) is 0 Å². The average Bonchev–Trinajstić information content (AvgIpc) is 2.34. The number of nitrogens with zero attached hydrogens (tertiary/aromatic N) is 1. The zero-order chi connectivity index (χ0) is 11.8. The van der Waals surface area contributed by atoms with Gasteiger partial charge in [0.05, 0.1) is 6.54 Å². The summed E-state index contributed by atoms with van der Waals surface area (Å²) in [5.41, 5.74) is 0. The molecule has 0 radical (unpaired) electrons. The zero-order valence-electron chi connectivity index (χ0n) is 10.6. The molecule has 4 nitrogen and oxygen atoms in total. The van der Waals surface area contributed by atoms with Gasteiger partial charge in [0.1, 0.15) is 0 Å². The van der Waals surface area contributed by atoms with Crippen LogP contribution in [0.5, 0.6) is 0 Å². The highest BCUT2D eigenvalue weighted by molar-refractivity contribution is 5.78. The highest BCUT2D eigenvalue weighted by Crippen LogP contribution is 2.10. The van der Waals surface area contributed by atoms with Gasteiger partial charge in [-0.1, -0.05) is 13.8 Å². The van der Waals surface area contributed by atoms with Gasteiger partial charge in [-0.05, 0) is 38.9 Å². The van der Waals surface area contributed by atoms with Gasteiger partial charge in [0.15, 0.2) is 0 Å². The highest BCUT2D eigenvalue weighted by atomic mass is 16.2. The van der Waals surface area contributed by atoms with E-state index in [4.69, 9.17) is 0 Å². The van der Waals surface area contributed by atoms with Crippen molar-refractivity contribution in [1.82, 2.24) is 15.5 Å². The molecule has 16 heavy (non-hydrogen) atoms. The second kappa shape index (κ2) is 7.63. The van der Waals surface area contributed by atoms with Crippen LogP contribution in [0.25, 0.3) is 0 Å². The van der Waals surface area contributed by atoms with E-state index in [9.17, 15) is 4.79 Å². The minimum absolute atomic E-state index is 0.169. The van der Waals surface area contributed by atoms with Crippen molar-refractivity contribution in [1.29, 1.82) is 0 Å². The lowest BCUT2D eigenvalue weighted by molar-refractivity contribution is -0.122. The number of amides is 1. The Morgan fingerprint density at radius 2 is 2.06 bits per heavy atom. The minimum Gasteiger partial charge on any atom is -0.355 e. The molecule has 0 aliphatic carbocycles. The predicted molar refractivity (Wildman–Crippen MR) is 66.4 cm³/mol. The predicted octanol–water partition coefficient (Wildman–Crippen LogP) is 0.587. The number of piperidine rings is 1. The molecule has 1 fully saturated rings. The van der Waals surface area contributed by atoms with Crippen molar-refractivity contribution in [3.8, 4) is 0 Å². The second-order valence-corrected chi connectivity index (χ2v) is 4.39. The summed E-state index contributed by atoms with van der Waals surface area (Å²) in [5, 5.41) is 6.29. The molecule has 1 heterocycles. The fourth-order valence-corrected chi connectivity index (χ4v) is 2.18. The lowest BCUT2D eigenvalue weighted by Gasteiger charge is -2.33. The molecule has 1 amide bonds. The van der Waals surface area contributed by atoms with Gasteiger partial charge in [-0.15, -0.1) is 0 Å². The minimum atomic E-state index is 0.169. The summed E-state index contributed by atoms with van der Waals surface area (Å²) in [6.45, 7) is 8.68. The monoisotopic (exact) mass is 227 g/mol. The zero-order valence-corrected chi connectivity index (χ0v) is 10.6. The van der Waals surface area contributed by atoms with E-state index in [1.165, 1.54) is 0 Å². The molecular formula is C12H25N3O. The second-order valence-electron chi connectivity index (χ2n) is 4.39. The molecule has 0 aromatic rings. The van der Waals surface area contributed by atoms with Crippen molar-refractivity contribution in [2.45, 2.75) is 39.2 Å². The van der Waals surface area contributed by atoms with Crippen LogP contribution in [0.1, 0.15) is 33.1 Å². The summed E-state index contributed by atoms with van der Waals surface area (Å²) in [6.07, 6.45) is 3.33. The van der Waals surface area contributed by atoms with Crippen LogP contribution in [0.4, 0.5) is 0 Å². The maximum absolute atomic E-state index is 11.6. The molecule has 0 bridgehead atoms. The van der Waals surface area contributed by atoms with Crippen LogP contribution in [-0.2, 0) is 4.79 Å². The van der Waals surface area contributed by atoms with Crippen LogP contribution in [0.3, 0.4) is 0 Å². The number of carbonyl (C=O) groups excluding carboxylic acids is 1. The molecular weight excluding hydrogens is 202 g/mol. The quantitative estimate of drug-likeness (QED) is 0.698. The third-order valence-corrected chi connectivity index (χ3v) is 3.15. The summed E-state index contributed by atoms with van der Waals surface area (Å²) in [4.78, 5) is 13.9. The van der Waals surface area contributed by atoms with Gasteiger partial charge in [-0.3, -0.25) is 9.69 Å². The summed E-state index contributed by atoms with van der Waals surface area (Å²) < 4.78 is 0. The lowest BCUT2D eigenvalue weighted by Crippen LogP contribution is -2.47. The van der Waals surface area contributed by atoms with Gasteiger partial charge in [-0.25, -0.2) is 0 Å². The summed E-state index contributed by atoms with van der Waals surface area (Å²) in [6, 6.07) is 0.582. The molecule has 0 aromatic heterocycles. The number of nitrogens with one attached hydrogen (secondary N) is 2. The van der Waals surface area contributed by atoms with E-state index < -0.39 is 0 Å². The van der Waals surface area contributed by atoms with Gasteiger partial charge < -0.3 is 10.6 Å². The van der Waals surface area contributed by atoms with E-state index in [0.29, 0.717) is 12.6 Å². The smallest absolute Gasteiger partial charge is 0.234 e. The Morgan fingerprint density at radius 1 is 1.38 bits per heavy atom. The topological polar surface area (TPSA) is 44.4 Å². The average molecular weight is 227 g/mol. The van der Waals surface area contributed by atoms with Gasteiger partial charge in [-0.2, -0.15) is 0 Å². The molecule has 0 saturated carbocycles. The van der Waals surface area contributed by atoms with Crippen molar-refractivity contribution in [3.63, 3.8) is 0 Å². The summed E-state index contributed by atoms with van der Waals surface area (Å²) >= 11 is 0. The molecule has 94 valence electrons. The molecule has 0 unspecified atom stereocenters. The fraction of sp³-hybridized carbons (Fsp3) is 0.917. The van der Waals surface area contributed by atoms with E-state index in [0.717, 1.165) is 45.4 Å². The van der Waals surface area contributed by atoms with Crippen LogP contribution >= 0.6 is 0 Å². The Bertz CT molecular complexity index is 202. The first-order valence-electron chi connectivity index (χ1n) is 6.49. The number of likely N-dealkylation sites (N-methyl/N-ethyl adjacent to an activating group) is 1. The first-order valence-corrected chi connectivity index (χ1v) is 6.49. The van der Waals surface area contributed by atoms with Gasteiger partial charge in [0.2, 0.25) is 5.91 Å². The SMILES string of the molecule is CCCNC(=O)CN(CC)C1CCNCC1. The van der Waals surface area contributed by atoms with Gasteiger partial charge >= 0.3 is 0 Å². The highest BCUT2D eigenvalue weighted by Gasteiger charge is 2.21. The third-order valence-electron chi connectivity index (χ3n) is 3.15. The Morgan fingerprint density at radius 3 is 2.62 bits per heavy atom. The number of hydrogen-bond acceptors (Lipinski definition) is 3. The van der Waals surface area contributed by atoms with Crippen LogP contribution in [0, 0.1) is 0 Å². The Hall–Kier alpha value is -0.610. The molecule has 1 saturated heterocycles. The molecule has 0 spiro atoms. The van der Waals surface area contributed by atoms with Gasteiger partial charge in [0, 0.05) is 12.6 Å². The number of rotatable bonds is 6. The van der Waals surface area contributed by atoms with Crippen molar-refractivity contribution < 1.29 is 4.79 Å². The van der Waals surface area contributed by atoms with Crippen LogP contribution < -0.4 is 10.6 Å². The fourth-order valence-electron chi connectivity index (χ4n) is 2.18. The molecule has 0 atom stereocenters. The largest absolute Gasteiger partial charge is 0.355 e. The maximum Gasteiger partial charge on any atom is 0.234 e. The molecule has 4 heteroatoms. The Balaban J connectivity index is 2.32. The maximum atomic E-state index is 11.6. The van der Waals surface area contributed by atoms with E-state index in [1.807, 2.05) is 0 Å². The number of hydrogen-bond donors (Lipinski definition) is 2. The van der Waals surface area contributed by atoms with E-state index in [2.05, 4.69) is 29.4 Å². The molecule has 1 aliphatic heterocycles. The molecule has 0 aromatic carbocycles. The Labute approximate surface area is 98.8 Å². The van der Waals surface area contributed by atoms with Crippen LogP contribution in [-0.4, -0.2) is 49.6 Å². The Kier molecular flexibility index (Phi) is 6.42.